The van der Waals surface area contributed by atoms with Crippen molar-refractivity contribution in [3.8, 4) is 0 Å². The van der Waals surface area contributed by atoms with E-state index in [-0.39, 0.29) is 11.4 Å². The number of rotatable bonds is 2. The number of piperazine rings is 1. The zero-order chi connectivity index (χ0) is 13.2. The molecule has 1 heterocycles. The van der Waals surface area contributed by atoms with Gasteiger partial charge in [0.05, 0.1) is 0 Å². The number of carbonyl (C=O) groups is 1. The van der Waals surface area contributed by atoms with Crippen molar-refractivity contribution in [2.24, 2.45) is 0 Å². The van der Waals surface area contributed by atoms with E-state index in [0.717, 1.165) is 13.1 Å². The van der Waals surface area contributed by atoms with Crippen molar-refractivity contribution in [1.82, 2.24) is 15.8 Å². The van der Waals surface area contributed by atoms with E-state index >= 15 is 0 Å². The van der Waals surface area contributed by atoms with Crippen LogP contribution in [0.2, 0.25) is 0 Å². The molecule has 98 valence electrons. The van der Waals surface area contributed by atoms with Gasteiger partial charge in [-0.1, -0.05) is 18.2 Å². The van der Waals surface area contributed by atoms with Crippen LogP contribution in [0.4, 0.5) is 0 Å². The average molecular weight is 247 g/mol. The molecule has 0 saturated carbocycles. The molecule has 1 saturated heterocycles. The van der Waals surface area contributed by atoms with Crippen molar-refractivity contribution in [2.45, 2.75) is 32.4 Å². The third-order valence-corrected chi connectivity index (χ3v) is 3.81. The van der Waals surface area contributed by atoms with Crippen molar-refractivity contribution in [1.29, 1.82) is 0 Å². The highest BCUT2D eigenvalue weighted by Gasteiger charge is 2.36. The topological polar surface area (TPSA) is 44.4 Å². The van der Waals surface area contributed by atoms with Crippen LogP contribution in [0, 0.1) is 0 Å². The number of benzene rings is 1. The van der Waals surface area contributed by atoms with Crippen molar-refractivity contribution in [3.63, 3.8) is 0 Å². The molecule has 2 rings (SSSR count). The number of hydrogen-bond acceptors (Lipinski definition) is 3. The Kier molecular flexibility index (Phi) is 3.68. The summed E-state index contributed by atoms with van der Waals surface area (Å²) in [5.41, 5.74) is 3.61. The Bertz CT molecular complexity index is 416. The Morgan fingerprint density at radius 1 is 1.39 bits per heavy atom. The zero-order valence-electron chi connectivity index (χ0n) is 11.2. The van der Waals surface area contributed by atoms with E-state index < -0.39 is 0 Å². The predicted octanol–water partition coefficient (Wildman–Crippen LogP) is 1.40. The van der Waals surface area contributed by atoms with E-state index in [1.54, 1.807) is 0 Å². The zero-order valence-corrected chi connectivity index (χ0v) is 11.2. The van der Waals surface area contributed by atoms with Gasteiger partial charge in [-0.05, 0) is 32.9 Å². The molecular formula is C14H21N3O. The second-order valence-corrected chi connectivity index (χ2v) is 5.29. The molecule has 18 heavy (non-hydrogen) atoms. The quantitative estimate of drug-likeness (QED) is 0.830. The summed E-state index contributed by atoms with van der Waals surface area (Å²) in [5.74, 6) is -0.0437. The molecular weight excluding hydrogens is 226 g/mol. The highest BCUT2D eigenvalue weighted by atomic mass is 16.2. The van der Waals surface area contributed by atoms with Crippen LogP contribution in [0.1, 0.15) is 31.1 Å². The van der Waals surface area contributed by atoms with Gasteiger partial charge in [0.1, 0.15) is 0 Å². The molecule has 1 aromatic rings. The minimum atomic E-state index is -0.0946. The van der Waals surface area contributed by atoms with Gasteiger partial charge in [0.25, 0.3) is 5.91 Å². The fourth-order valence-corrected chi connectivity index (χ4v) is 2.14. The number of nitrogens with one attached hydrogen (secondary N) is 2. The van der Waals surface area contributed by atoms with Gasteiger partial charge in [0.15, 0.2) is 0 Å². The second-order valence-electron chi connectivity index (χ2n) is 5.29. The minimum Gasteiger partial charge on any atom is -0.311 e. The fraction of sp³-hybridized carbons (Fsp3) is 0.500. The minimum absolute atomic E-state index is 0.0437. The van der Waals surface area contributed by atoms with Gasteiger partial charge in [-0.25, -0.2) is 5.01 Å². The molecule has 0 aliphatic carbocycles. The summed E-state index contributed by atoms with van der Waals surface area (Å²) in [6.45, 7) is 8.11. The Labute approximate surface area is 108 Å². The summed E-state index contributed by atoms with van der Waals surface area (Å²) in [7, 11) is 0. The highest BCUT2D eigenvalue weighted by molar-refractivity contribution is 5.93. The predicted molar refractivity (Wildman–Crippen MR) is 72.2 cm³/mol. The standard InChI is InChI=1S/C14H21N3O/c1-11-14(2,3)17(10-9-15-11)16-13(18)12-7-5-4-6-8-12/h4-8,11,15H,9-10H2,1-3H3,(H,16,18). The summed E-state index contributed by atoms with van der Waals surface area (Å²) >= 11 is 0. The molecule has 1 amide bonds. The second kappa shape index (κ2) is 5.08. The summed E-state index contributed by atoms with van der Waals surface area (Å²) < 4.78 is 0. The third kappa shape index (κ3) is 2.54. The molecule has 4 nitrogen and oxygen atoms in total. The Morgan fingerprint density at radius 3 is 2.72 bits per heavy atom. The first-order valence-corrected chi connectivity index (χ1v) is 6.39. The first-order chi connectivity index (χ1) is 8.51. The molecule has 1 aliphatic heterocycles. The smallest absolute Gasteiger partial charge is 0.265 e. The van der Waals surface area contributed by atoms with Gasteiger partial charge >= 0.3 is 0 Å². The summed E-state index contributed by atoms with van der Waals surface area (Å²) in [4.78, 5) is 12.1. The Hall–Kier alpha value is -1.39. The maximum Gasteiger partial charge on any atom is 0.265 e. The lowest BCUT2D eigenvalue weighted by molar-refractivity contribution is 0.00911. The van der Waals surface area contributed by atoms with Crippen LogP contribution < -0.4 is 10.7 Å². The summed E-state index contributed by atoms with van der Waals surface area (Å²) in [6.07, 6.45) is 0. The van der Waals surface area contributed by atoms with E-state index in [9.17, 15) is 4.79 Å². The van der Waals surface area contributed by atoms with Gasteiger partial charge in [-0.15, -0.1) is 0 Å². The van der Waals surface area contributed by atoms with Gasteiger partial charge in [-0.3, -0.25) is 10.2 Å². The monoisotopic (exact) mass is 247 g/mol. The molecule has 1 atom stereocenters. The lowest BCUT2D eigenvalue weighted by Crippen LogP contribution is -2.67. The van der Waals surface area contributed by atoms with Gasteiger partial charge in [0, 0.05) is 30.2 Å². The molecule has 1 fully saturated rings. The number of hydrazine groups is 1. The molecule has 0 spiro atoms. The Balaban J connectivity index is 2.07. The van der Waals surface area contributed by atoms with Crippen molar-refractivity contribution >= 4 is 5.91 Å². The Morgan fingerprint density at radius 2 is 2.06 bits per heavy atom. The molecule has 2 N–H and O–H groups in total. The van der Waals surface area contributed by atoms with E-state index in [1.165, 1.54) is 0 Å². The average Bonchev–Trinajstić information content (AvgIpc) is 2.36. The molecule has 1 unspecified atom stereocenters. The summed E-state index contributed by atoms with van der Waals surface area (Å²) in [6, 6.07) is 9.65. The number of carbonyl (C=O) groups excluding carboxylic acids is 1. The lowest BCUT2D eigenvalue weighted by atomic mass is 9.93. The number of hydrogen-bond donors (Lipinski definition) is 2. The van der Waals surface area contributed by atoms with E-state index in [0.29, 0.717) is 11.6 Å². The normalized spacial score (nSPS) is 23.6. The van der Waals surface area contributed by atoms with Crippen LogP contribution >= 0.6 is 0 Å². The van der Waals surface area contributed by atoms with Crippen LogP contribution in [0.15, 0.2) is 30.3 Å². The molecule has 0 radical (unpaired) electrons. The highest BCUT2D eigenvalue weighted by Crippen LogP contribution is 2.20. The van der Waals surface area contributed by atoms with Gasteiger partial charge in [0.2, 0.25) is 0 Å². The third-order valence-electron chi connectivity index (χ3n) is 3.81. The lowest BCUT2D eigenvalue weighted by Gasteiger charge is -2.46. The fourth-order valence-electron chi connectivity index (χ4n) is 2.14. The molecule has 0 bridgehead atoms. The van der Waals surface area contributed by atoms with Crippen LogP contribution in [-0.2, 0) is 0 Å². The molecule has 1 aliphatic rings. The molecule has 1 aromatic carbocycles. The largest absolute Gasteiger partial charge is 0.311 e. The van der Waals surface area contributed by atoms with E-state index in [2.05, 4.69) is 31.5 Å². The number of nitrogens with zero attached hydrogens (tertiary/aromatic N) is 1. The van der Waals surface area contributed by atoms with Crippen LogP contribution in [0.3, 0.4) is 0 Å². The first-order valence-electron chi connectivity index (χ1n) is 6.39. The SMILES string of the molecule is CC1NCCN(NC(=O)c2ccccc2)C1(C)C. The number of amides is 1. The van der Waals surface area contributed by atoms with E-state index in [1.807, 2.05) is 35.3 Å². The first kappa shape index (κ1) is 13.1. The van der Waals surface area contributed by atoms with E-state index in [4.69, 9.17) is 0 Å². The maximum atomic E-state index is 12.1. The summed E-state index contributed by atoms with van der Waals surface area (Å²) in [5, 5.41) is 5.45. The molecule has 4 heteroatoms. The van der Waals surface area contributed by atoms with Crippen LogP contribution in [0.25, 0.3) is 0 Å². The van der Waals surface area contributed by atoms with Crippen molar-refractivity contribution in [3.05, 3.63) is 35.9 Å². The van der Waals surface area contributed by atoms with Crippen LogP contribution in [0.5, 0.6) is 0 Å². The van der Waals surface area contributed by atoms with Crippen LogP contribution in [-0.4, -0.2) is 35.6 Å². The molecule has 0 aromatic heterocycles. The maximum absolute atomic E-state index is 12.1. The van der Waals surface area contributed by atoms with Gasteiger partial charge < -0.3 is 5.32 Å². The van der Waals surface area contributed by atoms with Crippen molar-refractivity contribution < 1.29 is 4.79 Å². The van der Waals surface area contributed by atoms with Gasteiger partial charge in [-0.2, -0.15) is 0 Å². The van der Waals surface area contributed by atoms with Crippen molar-refractivity contribution in [2.75, 3.05) is 13.1 Å².